The molecule has 0 unspecified atom stereocenters. The molecule has 0 saturated carbocycles. The van der Waals surface area contributed by atoms with Crippen LogP contribution in [0.25, 0.3) is 11.0 Å². The minimum atomic E-state index is 0.159. The van der Waals surface area contributed by atoms with E-state index in [1.54, 1.807) is 0 Å². The molecule has 3 heteroatoms. The molecule has 0 radical (unpaired) electrons. The summed E-state index contributed by atoms with van der Waals surface area (Å²) in [6.45, 7) is 10.5. The van der Waals surface area contributed by atoms with Crippen LogP contribution in [0.1, 0.15) is 39.3 Å². The largest absolute Gasteiger partial charge is 0.329 e. The monoisotopic (exact) mass is 285 g/mol. The van der Waals surface area contributed by atoms with Crippen molar-refractivity contribution in [3.8, 4) is 0 Å². The van der Waals surface area contributed by atoms with Crippen molar-refractivity contribution in [1.29, 1.82) is 0 Å². The topological polar surface area (TPSA) is 21.1 Å². The van der Waals surface area contributed by atoms with Gasteiger partial charge in [0.05, 0.1) is 0 Å². The van der Waals surface area contributed by atoms with Crippen molar-refractivity contribution in [2.24, 2.45) is 5.92 Å². The average molecular weight is 285 g/mol. The lowest BCUT2D eigenvalue weighted by molar-refractivity contribution is 0.204. The Morgan fingerprint density at radius 2 is 1.95 bits per heavy atom. The van der Waals surface area contributed by atoms with Gasteiger partial charge >= 0.3 is 0 Å². The van der Waals surface area contributed by atoms with Gasteiger partial charge in [0.2, 0.25) is 0 Å². The van der Waals surface area contributed by atoms with Crippen LogP contribution in [0.15, 0.2) is 24.4 Å². The van der Waals surface area contributed by atoms with Crippen molar-refractivity contribution < 1.29 is 0 Å². The molecule has 114 valence electrons. The van der Waals surface area contributed by atoms with Gasteiger partial charge in [-0.15, -0.1) is 0 Å². The van der Waals surface area contributed by atoms with Crippen LogP contribution in [0.2, 0.25) is 0 Å². The summed E-state index contributed by atoms with van der Waals surface area (Å²) in [7, 11) is 2.23. The highest BCUT2D eigenvalue weighted by atomic mass is 15.1. The third kappa shape index (κ3) is 2.98. The summed E-state index contributed by atoms with van der Waals surface area (Å²) < 4.78 is 2.48. The fourth-order valence-corrected chi connectivity index (χ4v) is 3.40. The van der Waals surface area contributed by atoms with Crippen molar-refractivity contribution in [2.75, 3.05) is 20.1 Å². The molecule has 1 aliphatic rings. The Labute approximate surface area is 128 Å². The third-order valence-electron chi connectivity index (χ3n) is 4.70. The first-order valence-corrected chi connectivity index (χ1v) is 8.08. The lowest BCUT2D eigenvalue weighted by Gasteiger charge is -2.31. The standard InChI is InChI=1S/C18H27N3/c1-18(2,3)16-12-15-6-5-9-19-17(15)21(16)13-14-7-10-20(4)11-8-14/h5-6,9,12,14H,7-8,10-11,13H2,1-4H3. The summed E-state index contributed by atoms with van der Waals surface area (Å²) in [5.74, 6) is 0.778. The quantitative estimate of drug-likeness (QED) is 0.839. The molecule has 0 aromatic carbocycles. The van der Waals surface area contributed by atoms with Gasteiger partial charge in [0.25, 0.3) is 0 Å². The number of fused-ring (bicyclic) bond motifs is 1. The Hall–Kier alpha value is -1.35. The number of likely N-dealkylation sites (tertiary alicyclic amines) is 1. The fraction of sp³-hybridized carbons (Fsp3) is 0.611. The minimum absolute atomic E-state index is 0.159. The van der Waals surface area contributed by atoms with Crippen LogP contribution in [-0.2, 0) is 12.0 Å². The molecule has 1 aliphatic heterocycles. The van der Waals surface area contributed by atoms with E-state index in [0.29, 0.717) is 0 Å². The molecule has 0 aliphatic carbocycles. The zero-order valence-electron chi connectivity index (χ0n) is 13.8. The van der Waals surface area contributed by atoms with Gasteiger partial charge in [-0.05, 0) is 57.1 Å². The van der Waals surface area contributed by atoms with E-state index in [1.165, 1.54) is 37.0 Å². The maximum atomic E-state index is 4.65. The fourth-order valence-electron chi connectivity index (χ4n) is 3.40. The third-order valence-corrected chi connectivity index (χ3v) is 4.70. The first-order valence-electron chi connectivity index (χ1n) is 8.08. The summed E-state index contributed by atoms with van der Waals surface area (Å²) >= 11 is 0. The van der Waals surface area contributed by atoms with E-state index in [4.69, 9.17) is 0 Å². The highest BCUT2D eigenvalue weighted by Crippen LogP contribution is 2.30. The van der Waals surface area contributed by atoms with E-state index >= 15 is 0 Å². The number of pyridine rings is 1. The molecule has 2 aromatic heterocycles. The van der Waals surface area contributed by atoms with Gasteiger partial charge in [-0.3, -0.25) is 0 Å². The van der Waals surface area contributed by atoms with Crippen LogP contribution >= 0.6 is 0 Å². The number of aromatic nitrogens is 2. The Balaban J connectivity index is 1.96. The summed E-state index contributed by atoms with van der Waals surface area (Å²) in [6.07, 6.45) is 4.51. The predicted molar refractivity (Wildman–Crippen MR) is 88.7 cm³/mol. The molecule has 0 atom stereocenters. The summed E-state index contributed by atoms with van der Waals surface area (Å²) in [5, 5.41) is 1.27. The van der Waals surface area contributed by atoms with Gasteiger partial charge in [-0.25, -0.2) is 4.98 Å². The SMILES string of the molecule is CN1CCC(Cn2c(C(C)(C)C)cc3cccnc32)CC1. The maximum absolute atomic E-state index is 4.65. The average Bonchev–Trinajstić information content (AvgIpc) is 2.81. The molecule has 0 N–H and O–H groups in total. The Morgan fingerprint density at radius 1 is 1.24 bits per heavy atom. The van der Waals surface area contributed by atoms with Gasteiger partial charge < -0.3 is 9.47 Å². The van der Waals surface area contributed by atoms with E-state index in [2.05, 4.69) is 54.4 Å². The highest BCUT2D eigenvalue weighted by Gasteiger charge is 2.24. The van der Waals surface area contributed by atoms with Gasteiger partial charge in [0, 0.05) is 29.2 Å². The predicted octanol–water partition coefficient (Wildman–Crippen LogP) is 3.68. The van der Waals surface area contributed by atoms with Gasteiger partial charge in [0.1, 0.15) is 5.65 Å². The molecule has 3 heterocycles. The highest BCUT2D eigenvalue weighted by molar-refractivity contribution is 5.77. The van der Waals surface area contributed by atoms with Gasteiger partial charge in [-0.1, -0.05) is 20.8 Å². The van der Waals surface area contributed by atoms with Crippen molar-refractivity contribution in [2.45, 2.75) is 45.6 Å². The normalized spacial score (nSPS) is 18.5. The second-order valence-corrected chi connectivity index (χ2v) is 7.55. The molecular weight excluding hydrogens is 258 g/mol. The molecule has 0 spiro atoms. The summed E-state index contributed by atoms with van der Waals surface area (Å²) in [6, 6.07) is 6.55. The molecule has 3 rings (SSSR count). The lowest BCUT2D eigenvalue weighted by Crippen LogP contribution is -2.32. The van der Waals surface area contributed by atoms with Crippen LogP contribution in [0.5, 0.6) is 0 Å². The molecule has 0 bridgehead atoms. The number of rotatable bonds is 2. The summed E-state index contributed by atoms with van der Waals surface area (Å²) in [5.41, 5.74) is 2.73. The number of hydrogen-bond acceptors (Lipinski definition) is 2. The van der Waals surface area contributed by atoms with Crippen LogP contribution in [0, 0.1) is 5.92 Å². The van der Waals surface area contributed by atoms with Crippen LogP contribution in [0.3, 0.4) is 0 Å². The summed E-state index contributed by atoms with van der Waals surface area (Å²) in [4.78, 5) is 7.09. The van der Waals surface area contributed by atoms with E-state index in [9.17, 15) is 0 Å². The molecule has 0 amide bonds. The van der Waals surface area contributed by atoms with E-state index in [-0.39, 0.29) is 5.41 Å². The molecule has 1 fully saturated rings. The molecule has 3 nitrogen and oxygen atoms in total. The number of hydrogen-bond donors (Lipinski definition) is 0. The van der Waals surface area contributed by atoms with Crippen LogP contribution < -0.4 is 0 Å². The van der Waals surface area contributed by atoms with E-state index in [1.807, 2.05) is 12.3 Å². The Bertz CT molecular complexity index is 613. The van der Waals surface area contributed by atoms with Crippen molar-refractivity contribution in [3.63, 3.8) is 0 Å². The van der Waals surface area contributed by atoms with Crippen molar-refractivity contribution >= 4 is 11.0 Å². The second kappa shape index (κ2) is 5.45. The van der Waals surface area contributed by atoms with E-state index < -0.39 is 0 Å². The first-order chi connectivity index (χ1) is 9.95. The molecular formula is C18H27N3. The Kier molecular flexibility index (Phi) is 3.78. The zero-order chi connectivity index (χ0) is 15.0. The smallest absolute Gasteiger partial charge is 0.140 e. The number of piperidine rings is 1. The van der Waals surface area contributed by atoms with Gasteiger partial charge in [-0.2, -0.15) is 0 Å². The lowest BCUT2D eigenvalue weighted by atomic mass is 9.91. The van der Waals surface area contributed by atoms with Crippen molar-refractivity contribution in [1.82, 2.24) is 14.5 Å². The van der Waals surface area contributed by atoms with Crippen molar-refractivity contribution in [3.05, 3.63) is 30.1 Å². The molecule has 1 saturated heterocycles. The minimum Gasteiger partial charge on any atom is -0.329 e. The van der Waals surface area contributed by atoms with Crippen LogP contribution in [-0.4, -0.2) is 34.6 Å². The van der Waals surface area contributed by atoms with Gasteiger partial charge in [0.15, 0.2) is 0 Å². The second-order valence-electron chi connectivity index (χ2n) is 7.55. The molecule has 21 heavy (non-hydrogen) atoms. The maximum Gasteiger partial charge on any atom is 0.140 e. The first kappa shape index (κ1) is 14.6. The van der Waals surface area contributed by atoms with Crippen LogP contribution in [0.4, 0.5) is 0 Å². The van der Waals surface area contributed by atoms with E-state index in [0.717, 1.165) is 18.1 Å². The molecule has 2 aromatic rings. The number of nitrogens with zero attached hydrogens (tertiary/aromatic N) is 3. The zero-order valence-corrected chi connectivity index (χ0v) is 13.8. The Morgan fingerprint density at radius 3 is 2.62 bits per heavy atom.